The lowest BCUT2D eigenvalue weighted by Gasteiger charge is -2.13. The summed E-state index contributed by atoms with van der Waals surface area (Å²) in [6.45, 7) is 4.81. The Morgan fingerprint density at radius 3 is 2.64 bits per heavy atom. The Morgan fingerprint density at radius 2 is 1.83 bits per heavy atom. The lowest BCUT2D eigenvalue weighted by Crippen LogP contribution is -2.23. The number of nitrogens with one attached hydrogen (secondary N) is 1. The summed E-state index contributed by atoms with van der Waals surface area (Å²) in [5.74, 6) is -0.444. The molecule has 4 aromatic rings. The first kappa shape index (κ1) is 24.7. The van der Waals surface area contributed by atoms with Crippen molar-refractivity contribution in [3.05, 3.63) is 82.4 Å². The van der Waals surface area contributed by atoms with Gasteiger partial charge in [-0.15, -0.1) is 23.1 Å². The minimum Gasteiger partial charge on any atom is -0.462 e. The summed E-state index contributed by atoms with van der Waals surface area (Å²) < 4.78 is 7.58. The van der Waals surface area contributed by atoms with Crippen molar-refractivity contribution < 1.29 is 14.3 Å². The minimum atomic E-state index is -0.338. The molecule has 2 heterocycles. The highest BCUT2D eigenvalue weighted by molar-refractivity contribution is 8.00. The van der Waals surface area contributed by atoms with E-state index >= 15 is 0 Å². The second-order valence-electron chi connectivity index (χ2n) is 9.01. The number of amides is 1. The van der Waals surface area contributed by atoms with E-state index in [1.54, 1.807) is 11.8 Å². The molecule has 0 bridgehead atoms. The number of hydrogen-bond donors (Lipinski definition) is 1. The van der Waals surface area contributed by atoms with Gasteiger partial charge in [0, 0.05) is 33.4 Å². The molecule has 0 saturated carbocycles. The Balaban J connectivity index is 1.37. The largest absolute Gasteiger partial charge is 0.462 e. The third kappa shape index (κ3) is 5.08. The summed E-state index contributed by atoms with van der Waals surface area (Å²) in [6.07, 6.45) is 6.12. The van der Waals surface area contributed by atoms with E-state index < -0.39 is 0 Å². The van der Waals surface area contributed by atoms with Gasteiger partial charge in [-0.2, -0.15) is 0 Å². The molecule has 186 valence electrons. The monoisotopic (exact) mass is 518 g/mol. The maximum absolute atomic E-state index is 13.3. The number of aryl methyl sites for hydroxylation is 1. The first-order valence-corrected chi connectivity index (χ1v) is 14.2. The number of fused-ring (bicyclic) bond motifs is 2. The molecule has 5 nitrogen and oxygen atoms in total. The lowest BCUT2D eigenvalue weighted by molar-refractivity contribution is -0.115. The van der Waals surface area contributed by atoms with Crippen LogP contribution in [0.2, 0.25) is 0 Å². The summed E-state index contributed by atoms with van der Waals surface area (Å²) in [7, 11) is 0. The normalized spacial score (nSPS) is 13.8. The van der Waals surface area contributed by atoms with E-state index in [0.29, 0.717) is 17.2 Å². The first-order valence-electron chi connectivity index (χ1n) is 12.5. The molecule has 1 aliphatic rings. The predicted molar refractivity (Wildman–Crippen MR) is 148 cm³/mol. The predicted octanol–water partition coefficient (Wildman–Crippen LogP) is 6.93. The van der Waals surface area contributed by atoms with Crippen LogP contribution in [0.15, 0.2) is 65.7 Å². The average molecular weight is 519 g/mol. The van der Waals surface area contributed by atoms with Crippen LogP contribution in [0.4, 0.5) is 5.00 Å². The number of anilines is 1. The van der Waals surface area contributed by atoms with Gasteiger partial charge in [0.1, 0.15) is 5.00 Å². The number of esters is 1. The number of carbonyl (C=O) groups excluding carboxylic acids is 2. The molecule has 1 N–H and O–H groups in total. The molecular weight excluding hydrogens is 488 g/mol. The van der Waals surface area contributed by atoms with Crippen LogP contribution >= 0.6 is 23.1 Å². The summed E-state index contributed by atoms with van der Waals surface area (Å²) >= 11 is 3.08. The zero-order chi connectivity index (χ0) is 25.1. The van der Waals surface area contributed by atoms with Crippen molar-refractivity contribution >= 4 is 50.9 Å². The van der Waals surface area contributed by atoms with Crippen LogP contribution in [0.5, 0.6) is 0 Å². The van der Waals surface area contributed by atoms with Gasteiger partial charge in [0.15, 0.2) is 0 Å². The fourth-order valence-electron chi connectivity index (χ4n) is 4.75. The Morgan fingerprint density at radius 1 is 1.08 bits per heavy atom. The number of benzene rings is 2. The molecular formula is C29H30N2O3S2. The highest BCUT2D eigenvalue weighted by atomic mass is 32.2. The number of thioether (sulfide) groups is 1. The maximum atomic E-state index is 13.3. The molecule has 0 radical (unpaired) electrons. The summed E-state index contributed by atoms with van der Waals surface area (Å²) in [5.41, 5.74) is 3.99. The molecule has 2 aromatic heterocycles. The van der Waals surface area contributed by atoms with Gasteiger partial charge < -0.3 is 14.6 Å². The Bertz CT molecular complexity index is 1390. The van der Waals surface area contributed by atoms with Crippen molar-refractivity contribution in [1.29, 1.82) is 0 Å². The SMILES string of the molecule is CCOC(=O)c1c(NC(=O)[C@@H](C)Sc2cn(Cc3ccccc3)c3ccccc23)sc2c1CCCC2. The standard InChI is InChI=1S/C29H30N2O3S2/c1-3-34-29(33)26-22-14-8-10-16-24(22)36-28(26)30-27(32)19(2)35-25-18-31(17-20-11-5-4-6-12-20)23-15-9-7-13-21(23)25/h4-7,9,11-13,15,18-19H,3,8,10,14,16-17H2,1-2H3,(H,30,32)/t19-/m1/s1. The van der Waals surface area contributed by atoms with Crippen LogP contribution in [0.1, 0.15) is 53.1 Å². The molecule has 2 aromatic carbocycles. The number of hydrogen-bond acceptors (Lipinski definition) is 5. The van der Waals surface area contributed by atoms with Crippen LogP contribution in [0.3, 0.4) is 0 Å². The zero-order valence-electron chi connectivity index (χ0n) is 20.6. The Hall–Kier alpha value is -3.03. The van der Waals surface area contributed by atoms with Gasteiger partial charge in [0.25, 0.3) is 0 Å². The number of carbonyl (C=O) groups is 2. The summed E-state index contributed by atoms with van der Waals surface area (Å²) in [5, 5.41) is 4.50. The molecule has 1 aliphatic carbocycles. The van der Waals surface area contributed by atoms with Crippen LogP contribution < -0.4 is 5.32 Å². The molecule has 1 atom stereocenters. The van der Waals surface area contributed by atoms with Crippen molar-refractivity contribution in [3.63, 3.8) is 0 Å². The van der Waals surface area contributed by atoms with Crippen molar-refractivity contribution in [2.75, 3.05) is 11.9 Å². The van der Waals surface area contributed by atoms with Crippen LogP contribution in [0, 0.1) is 0 Å². The highest BCUT2D eigenvalue weighted by Crippen LogP contribution is 2.39. The molecule has 1 amide bonds. The smallest absolute Gasteiger partial charge is 0.341 e. The van der Waals surface area contributed by atoms with E-state index in [4.69, 9.17) is 4.74 Å². The van der Waals surface area contributed by atoms with Crippen molar-refractivity contribution in [2.24, 2.45) is 0 Å². The number of rotatable bonds is 8. The van der Waals surface area contributed by atoms with Gasteiger partial charge in [0.2, 0.25) is 5.91 Å². The van der Waals surface area contributed by atoms with E-state index in [9.17, 15) is 9.59 Å². The molecule has 7 heteroatoms. The van der Waals surface area contributed by atoms with Gasteiger partial charge in [-0.1, -0.05) is 48.5 Å². The van der Waals surface area contributed by atoms with Crippen molar-refractivity contribution in [1.82, 2.24) is 4.57 Å². The Kier molecular flexibility index (Phi) is 7.48. The highest BCUT2D eigenvalue weighted by Gasteiger charge is 2.28. The van der Waals surface area contributed by atoms with Gasteiger partial charge >= 0.3 is 5.97 Å². The van der Waals surface area contributed by atoms with Crippen LogP contribution in [-0.4, -0.2) is 28.3 Å². The van der Waals surface area contributed by atoms with Crippen molar-refractivity contribution in [2.45, 2.75) is 56.2 Å². The van der Waals surface area contributed by atoms with Gasteiger partial charge in [-0.25, -0.2) is 4.79 Å². The van der Waals surface area contributed by atoms with E-state index in [0.717, 1.165) is 53.6 Å². The number of para-hydroxylation sites is 1. The van der Waals surface area contributed by atoms with E-state index in [1.807, 2.05) is 32.0 Å². The molecule has 0 unspecified atom stereocenters. The molecule has 0 aliphatic heterocycles. The quantitative estimate of drug-likeness (QED) is 0.203. The topological polar surface area (TPSA) is 60.3 Å². The van der Waals surface area contributed by atoms with Gasteiger partial charge in [-0.05, 0) is 56.7 Å². The average Bonchev–Trinajstić information content (AvgIpc) is 3.42. The lowest BCUT2D eigenvalue weighted by atomic mass is 9.95. The fourth-order valence-corrected chi connectivity index (χ4v) is 7.06. The number of thiophene rings is 1. The summed E-state index contributed by atoms with van der Waals surface area (Å²) in [6, 6.07) is 18.7. The van der Waals surface area contributed by atoms with E-state index in [-0.39, 0.29) is 17.1 Å². The minimum absolute atomic E-state index is 0.107. The third-order valence-electron chi connectivity index (χ3n) is 6.51. The number of ether oxygens (including phenoxy) is 1. The number of aromatic nitrogens is 1. The second kappa shape index (κ2) is 10.9. The molecule has 5 rings (SSSR count). The van der Waals surface area contributed by atoms with Gasteiger partial charge in [0.05, 0.1) is 17.4 Å². The third-order valence-corrected chi connectivity index (χ3v) is 8.86. The van der Waals surface area contributed by atoms with Crippen LogP contribution in [-0.2, 0) is 28.9 Å². The van der Waals surface area contributed by atoms with E-state index in [1.165, 1.54) is 21.8 Å². The van der Waals surface area contributed by atoms with Crippen molar-refractivity contribution in [3.8, 4) is 0 Å². The fraction of sp³-hybridized carbons (Fsp3) is 0.310. The second-order valence-corrected chi connectivity index (χ2v) is 11.5. The van der Waals surface area contributed by atoms with E-state index in [2.05, 4.69) is 52.5 Å². The Labute approximate surface area is 219 Å². The maximum Gasteiger partial charge on any atom is 0.341 e. The van der Waals surface area contributed by atoms with Gasteiger partial charge in [-0.3, -0.25) is 4.79 Å². The van der Waals surface area contributed by atoms with Crippen LogP contribution in [0.25, 0.3) is 10.9 Å². The molecule has 0 spiro atoms. The summed E-state index contributed by atoms with van der Waals surface area (Å²) in [4.78, 5) is 28.3. The number of nitrogens with zero attached hydrogens (tertiary/aromatic N) is 1. The molecule has 0 fully saturated rings. The zero-order valence-corrected chi connectivity index (χ0v) is 22.2. The molecule has 36 heavy (non-hydrogen) atoms. The first-order chi connectivity index (χ1) is 17.5. The molecule has 0 saturated heterocycles.